The first-order valence-corrected chi connectivity index (χ1v) is 14.8. The topological polar surface area (TPSA) is 81.8 Å². The summed E-state index contributed by atoms with van der Waals surface area (Å²) in [5.41, 5.74) is 4.05. The van der Waals surface area contributed by atoms with E-state index in [0.29, 0.717) is 5.57 Å². The number of hydrogen-bond donors (Lipinski definition) is 2. The monoisotopic (exact) mass is 538 g/mol. The molecule has 216 valence electrons. The second-order valence-corrected chi connectivity index (χ2v) is 12.4. The molecule has 1 aliphatic heterocycles. The minimum absolute atomic E-state index is 0.0645. The van der Waals surface area contributed by atoms with Gasteiger partial charge in [-0.05, 0) is 94.5 Å². The average Bonchev–Trinajstić information content (AvgIpc) is 3.36. The quantitative estimate of drug-likeness (QED) is 0.413. The molecule has 2 aliphatic rings. The third-order valence-corrected chi connectivity index (χ3v) is 8.35. The van der Waals surface area contributed by atoms with Gasteiger partial charge in [-0.25, -0.2) is 0 Å². The number of piperidine rings is 1. The first kappa shape index (κ1) is 30.9. The highest BCUT2D eigenvalue weighted by Crippen LogP contribution is 2.26. The van der Waals surface area contributed by atoms with Gasteiger partial charge < -0.3 is 15.5 Å². The number of anilines is 1. The Bertz CT molecular complexity index is 1060. The molecular weight excluding hydrogens is 488 g/mol. The Labute approximate surface area is 235 Å². The molecular formula is C32H50N4O3. The second kappa shape index (κ2) is 13.6. The van der Waals surface area contributed by atoms with Crippen molar-refractivity contribution in [3.05, 3.63) is 41.0 Å². The number of likely N-dealkylation sites (N-methyl/N-ethyl adjacent to an activating group) is 1. The molecule has 39 heavy (non-hydrogen) atoms. The van der Waals surface area contributed by atoms with Crippen molar-refractivity contribution in [2.24, 2.45) is 11.8 Å². The van der Waals surface area contributed by atoms with E-state index in [4.69, 9.17) is 0 Å². The summed E-state index contributed by atoms with van der Waals surface area (Å²) in [6.45, 7) is 15.0. The Morgan fingerprint density at radius 3 is 2.31 bits per heavy atom. The lowest BCUT2D eigenvalue weighted by Crippen LogP contribution is -2.58. The molecule has 1 aliphatic carbocycles. The number of nitrogens with zero attached hydrogens (tertiary/aromatic N) is 2. The summed E-state index contributed by atoms with van der Waals surface area (Å²) in [4.78, 5) is 44.2. The number of hydrogen-bond acceptors (Lipinski definition) is 4. The molecule has 3 rings (SSSR count). The number of rotatable bonds is 10. The lowest BCUT2D eigenvalue weighted by Gasteiger charge is -2.39. The molecule has 2 N–H and O–H groups in total. The largest absolute Gasteiger partial charge is 0.343 e. The molecule has 1 aromatic carbocycles. The summed E-state index contributed by atoms with van der Waals surface area (Å²) in [6, 6.07) is 5.30. The fraction of sp³-hybridized carbons (Fsp3) is 0.656. The SMILES string of the molecule is C/C(=C\[C@H](C(C)C)N(C)C(=O)C(NC(=O)C1CCCCN1C(C)C)C(C)C)C(=O)Nc1ccc2c(c1)CCC2. The molecule has 3 atom stereocenters. The maximum absolute atomic E-state index is 13.8. The molecule has 0 bridgehead atoms. The number of likely N-dealkylation sites (tertiary alicyclic amines) is 1. The molecule has 1 heterocycles. The van der Waals surface area contributed by atoms with E-state index in [0.717, 1.165) is 50.8 Å². The Balaban J connectivity index is 1.72. The van der Waals surface area contributed by atoms with Crippen LogP contribution in [-0.4, -0.2) is 65.3 Å². The molecule has 0 radical (unpaired) electrons. The molecule has 0 spiro atoms. The van der Waals surface area contributed by atoms with Gasteiger partial charge >= 0.3 is 0 Å². The maximum Gasteiger partial charge on any atom is 0.251 e. The van der Waals surface area contributed by atoms with Gasteiger partial charge in [-0.3, -0.25) is 19.3 Å². The van der Waals surface area contributed by atoms with E-state index in [1.54, 1.807) is 18.9 Å². The Kier molecular flexibility index (Phi) is 10.8. The van der Waals surface area contributed by atoms with Gasteiger partial charge in [-0.15, -0.1) is 0 Å². The Morgan fingerprint density at radius 1 is 0.974 bits per heavy atom. The predicted molar refractivity (Wildman–Crippen MR) is 158 cm³/mol. The standard InChI is InChI=1S/C32H50N4O3/c1-20(2)28(18-23(7)30(37)33-26-16-15-24-12-11-13-25(24)19-26)35(8)32(39)29(21(3)4)34-31(38)27-14-9-10-17-36(27)22(5)6/h15-16,18-22,27-29H,9-14,17H2,1-8H3,(H,33,37)(H,34,38)/b23-18+/t27?,28-,29?/m1/s1. The van der Waals surface area contributed by atoms with Gasteiger partial charge in [0.25, 0.3) is 5.91 Å². The first-order chi connectivity index (χ1) is 18.4. The molecule has 0 aromatic heterocycles. The Morgan fingerprint density at radius 2 is 1.67 bits per heavy atom. The highest BCUT2D eigenvalue weighted by atomic mass is 16.2. The van der Waals surface area contributed by atoms with Crippen LogP contribution in [0.1, 0.15) is 85.3 Å². The van der Waals surface area contributed by atoms with E-state index in [9.17, 15) is 14.4 Å². The maximum atomic E-state index is 13.8. The zero-order valence-electron chi connectivity index (χ0n) is 25.3. The summed E-state index contributed by atoms with van der Waals surface area (Å²) in [7, 11) is 1.78. The highest BCUT2D eigenvalue weighted by molar-refractivity contribution is 6.03. The van der Waals surface area contributed by atoms with E-state index in [2.05, 4.69) is 41.5 Å². The molecule has 0 saturated carbocycles. The fourth-order valence-electron chi connectivity index (χ4n) is 5.95. The van der Waals surface area contributed by atoms with Crippen LogP contribution in [0.15, 0.2) is 29.8 Å². The van der Waals surface area contributed by atoms with Gasteiger partial charge in [0.2, 0.25) is 11.8 Å². The van der Waals surface area contributed by atoms with Gasteiger partial charge in [0.1, 0.15) is 6.04 Å². The Hall–Kier alpha value is -2.67. The number of fused-ring (bicyclic) bond motifs is 1. The lowest BCUT2D eigenvalue weighted by atomic mass is 9.95. The molecule has 3 amide bonds. The zero-order chi connectivity index (χ0) is 28.9. The third-order valence-electron chi connectivity index (χ3n) is 8.35. The molecule has 1 fully saturated rings. The smallest absolute Gasteiger partial charge is 0.251 e. The van der Waals surface area contributed by atoms with Crippen LogP contribution < -0.4 is 10.6 Å². The summed E-state index contributed by atoms with van der Waals surface area (Å²) >= 11 is 0. The van der Waals surface area contributed by atoms with Crippen molar-refractivity contribution >= 4 is 23.4 Å². The lowest BCUT2D eigenvalue weighted by molar-refractivity contribution is -0.140. The predicted octanol–water partition coefficient (Wildman–Crippen LogP) is 4.95. The van der Waals surface area contributed by atoms with Gasteiger partial charge in [-0.1, -0.05) is 46.3 Å². The van der Waals surface area contributed by atoms with Crippen molar-refractivity contribution in [3.8, 4) is 0 Å². The van der Waals surface area contributed by atoms with E-state index in [-0.39, 0.29) is 47.7 Å². The number of nitrogens with one attached hydrogen (secondary N) is 2. The van der Waals surface area contributed by atoms with Gasteiger partial charge in [0, 0.05) is 24.4 Å². The van der Waals surface area contributed by atoms with Crippen molar-refractivity contribution in [2.45, 2.75) is 111 Å². The van der Waals surface area contributed by atoms with Gasteiger partial charge in [-0.2, -0.15) is 0 Å². The van der Waals surface area contributed by atoms with Crippen molar-refractivity contribution < 1.29 is 14.4 Å². The summed E-state index contributed by atoms with van der Waals surface area (Å²) in [5, 5.41) is 6.13. The van der Waals surface area contributed by atoms with Crippen LogP contribution in [0.3, 0.4) is 0 Å². The summed E-state index contributed by atoms with van der Waals surface area (Å²) < 4.78 is 0. The van der Waals surface area contributed by atoms with E-state index in [1.165, 1.54) is 11.1 Å². The van der Waals surface area contributed by atoms with Crippen LogP contribution in [-0.2, 0) is 27.2 Å². The van der Waals surface area contributed by atoms with Gasteiger partial charge in [0.15, 0.2) is 0 Å². The molecule has 7 heteroatoms. The van der Waals surface area contributed by atoms with Gasteiger partial charge in [0.05, 0.1) is 12.1 Å². The van der Waals surface area contributed by atoms with Crippen molar-refractivity contribution in [1.82, 2.24) is 15.1 Å². The fourth-order valence-corrected chi connectivity index (χ4v) is 5.95. The highest BCUT2D eigenvalue weighted by Gasteiger charge is 2.36. The van der Waals surface area contributed by atoms with Crippen LogP contribution >= 0.6 is 0 Å². The normalized spacial score (nSPS) is 19.7. The van der Waals surface area contributed by atoms with Crippen LogP contribution in [0.4, 0.5) is 5.69 Å². The van der Waals surface area contributed by atoms with Crippen molar-refractivity contribution in [1.29, 1.82) is 0 Å². The van der Waals surface area contributed by atoms with Crippen molar-refractivity contribution in [2.75, 3.05) is 18.9 Å². The molecule has 2 unspecified atom stereocenters. The number of carbonyl (C=O) groups is 3. The van der Waals surface area contributed by atoms with Crippen LogP contribution in [0.5, 0.6) is 0 Å². The van der Waals surface area contributed by atoms with Crippen LogP contribution in [0, 0.1) is 11.8 Å². The third kappa shape index (κ3) is 7.71. The number of aryl methyl sites for hydroxylation is 2. The number of amides is 3. The molecule has 1 aromatic rings. The average molecular weight is 539 g/mol. The zero-order valence-corrected chi connectivity index (χ0v) is 25.3. The molecule has 7 nitrogen and oxygen atoms in total. The van der Waals surface area contributed by atoms with Crippen LogP contribution in [0.2, 0.25) is 0 Å². The van der Waals surface area contributed by atoms with E-state index < -0.39 is 6.04 Å². The number of carbonyl (C=O) groups excluding carboxylic acids is 3. The van der Waals surface area contributed by atoms with E-state index >= 15 is 0 Å². The van der Waals surface area contributed by atoms with Crippen molar-refractivity contribution in [3.63, 3.8) is 0 Å². The molecule has 1 saturated heterocycles. The number of benzene rings is 1. The summed E-state index contributed by atoms with van der Waals surface area (Å²) in [5.74, 6) is -0.349. The minimum atomic E-state index is -0.631. The van der Waals surface area contributed by atoms with E-state index in [1.807, 2.05) is 39.8 Å². The first-order valence-electron chi connectivity index (χ1n) is 14.8. The summed E-state index contributed by atoms with van der Waals surface area (Å²) in [6.07, 6.45) is 8.14. The second-order valence-electron chi connectivity index (χ2n) is 12.4. The minimum Gasteiger partial charge on any atom is -0.343 e. The van der Waals surface area contributed by atoms with Crippen LogP contribution in [0.25, 0.3) is 0 Å².